The number of likely N-dealkylation sites (N-methyl/N-ethyl adjacent to an activating group) is 1. The summed E-state index contributed by atoms with van der Waals surface area (Å²) < 4.78 is 2.06. The molecule has 3 nitrogen and oxygen atoms in total. The Morgan fingerprint density at radius 3 is 2.77 bits per heavy atom. The molecule has 1 atom stereocenters. The second-order valence-corrected chi connectivity index (χ2v) is 3.30. The predicted molar refractivity (Wildman–Crippen MR) is 54.9 cm³/mol. The Labute approximate surface area is 80.1 Å². The van der Waals surface area contributed by atoms with Crippen molar-refractivity contribution in [2.75, 3.05) is 13.6 Å². The van der Waals surface area contributed by atoms with E-state index in [0.29, 0.717) is 6.04 Å². The molecular formula is C10H19N3. The fourth-order valence-electron chi connectivity index (χ4n) is 1.42. The molecule has 3 heteroatoms. The number of nitrogens with one attached hydrogen (secondary N) is 1. The summed E-state index contributed by atoms with van der Waals surface area (Å²) in [5.41, 5.74) is 1.31. The van der Waals surface area contributed by atoms with Crippen LogP contribution >= 0.6 is 0 Å². The highest BCUT2D eigenvalue weighted by Crippen LogP contribution is 2.10. The van der Waals surface area contributed by atoms with Gasteiger partial charge < -0.3 is 5.32 Å². The minimum absolute atomic E-state index is 0.491. The third kappa shape index (κ3) is 2.56. The summed E-state index contributed by atoms with van der Waals surface area (Å²) in [4.78, 5) is 0. The van der Waals surface area contributed by atoms with E-state index in [1.807, 2.05) is 13.2 Å². The van der Waals surface area contributed by atoms with E-state index in [1.165, 1.54) is 5.56 Å². The van der Waals surface area contributed by atoms with Gasteiger partial charge in [-0.2, -0.15) is 5.10 Å². The van der Waals surface area contributed by atoms with Gasteiger partial charge in [-0.1, -0.05) is 13.8 Å². The Kier molecular flexibility index (Phi) is 3.96. The molecule has 0 saturated heterocycles. The van der Waals surface area contributed by atoms with Crippen LogP contribution in [0.4, 0.5) is 0 Å². The van der Waals surface area contributed by atoms with E-state index < -0.39 is 0 Å². The minimum Gasteiger partial charge on any atom is -0.318 e. The molecule has 1 N–H and O–H groups in total. The first-order valence-electron chi connectivity index (χ1n) is 4.99. The fraction of sp³-hybridized carbons (Fsp3) is 0.700. The molecule has 1 rings (SSSR count). The van der Waals surface area contributed by atoms with Gasteiger partial charge in [0.1, 0.15) is 0 Å². The van der Waals surface area contributed by atoms with Crippen LogP contribution in [0.1, 0.15) is 31.9 Å². The second kappa shape index (κ2) is 5.02. The third-order valence-corrected chi connectivity index (χ3v) is 2.35. The van der Waals surface area contributed by atoms with Crippen LogP contribution < -0.4 is 5.32 Å². The summed E-state index contributed by atoms with van der Waals surface area (Å²) in [6, 6.07) is 0.491. The van der Waals surface area contributed by atoms with Gasteiger partial charge in [0.15, 0.2) is 0 Å². The van der Waals surface area contributed by atoms with Crippen LogP contribution in [0.2, 0.25) is 0 Å². The van der Waals surface area contributed by atoms with Crippen molar-refractivity contribution in [3.63, 3.8) is 0 Å². The summed E-state index contributed by atoms with van der Waals surface area (Å²) in [6.07, 6.45) is 6.28. The van der Waals surface area contributed by atoms with E-state index in [4.69, 9.17) is 0 Å². The van der Waals surface area contributed by atoms with E-state index in [0.717, 1.165) is 19.4 Å². The smallest absolute Gasteiger partial charge is 0.0640 e. The minimum atomic E-state index is 0.491. The largest absolute Gasteiger partial charge is 0.318 e. The van der Waals surface area contributed by atoms with Crippen LogP contribution in [0, 0.1) is 0 Å². The molecule has 0 aliphatic heterocycles. The Morgan fingerprint density at radius 2 is 2.31 bits per heavy atom. The molecule has 0 fully saturated rings. The quantitative estimate of drug-likeness (QED) is 0.748. The van der Waals surface area contributed by atoms with Crippen molar-refractivity contribution in [3.8, 4) is 0 Å². The van der Waals surface area contributed by atoms with Gasteiger partial charge in [0.2, 0.25) is 0 Å². The van der Waals surface area contributed by atoms with Crippen molar-refractivity contribution in [1.29, 1.82) is 0 Å². The highest BCUT2D eigenvalue weighted by molar-refractivity contribution is 5.03. The lowest BCUT2D eigenvalue weighted by atomic mass is 10.2. The van der Waals surface area contributed by atoms with Crippen LogP contribution in [-0.4, -0.2) is 23.4 Å². The van der Waals surface area contributed by atoms with Gasteiger partial charge in [0.25, 0.3) is 0 Å². The number of hydrogen-bond donors (Lipinski definition) is 1. The summed E-state index contributed by atoms with van der Waals surface area (Å²) in [7, 11) is 1.98. The number of hydrogen-bond acceptors (Lipinski definition) is 2. The number of aromatic nitrogens is 2. The van der Waals surface area contributed by atoms with Crippen molar-refractivity contribution < 1.29 is 0 Å². The van der Waals surface area contributed by atoms with E-state index in [2.05, 4.69) is 35.1 Å². The maximum Gasteiger partial charge on any atom is 0.0640 e. The second-order valence-electron chi connectivity index (χ2n) is 3.30. The first-order chi connectivity index (χ1) is 6.31. The van der Waals surface area contributed by atoms with Gasteiger partial charge in [-0.15, -0.1) is 0 Å². The molecule has 0 saturated carbocycles. The van der Waals surface area contributed by atoms with E-state index in [-0.39, 0.29) is 0 Å². The lowest BCUT2D eigenvalue weighted by Crippen LogP contribution is -2.22. The molecule has 1 unspecified atom stereocenters. The zero-order valence-electron chi connectivity index (χ0n) is 8.75. The van der Waals surface area contributed by atoms with Crippen molar-refractivity contribution in [3.05, 3.63) is 18.0 Å². The van der Waals surface area contributed by atoms with Gasteiger partial charge in [-0.05, 0) is 25.5 Å². The first-order valence-corrected chi connectivity index (χ1v) is 4.99. The monoisotopic (exact) mass is 181 g/mol. The van der Waals surface area contributed by atoms with Crippen LogP contribution in [0.25, 0.3) is 0 Å². The zero-order chi connectivity index (χ0) is 9.68. The normalized spacial score (nSPS) is 13.2. The molecule has 74 valence electrons. The SMILES string of the molecule is CCc1cnn(C(CC)CNC)c1. The van der Waals surface area contributed by atoms with E-state index in [1.54, 1.807) is 0 Å². The van der Waals surface area contributed by atoms with Gasteiger partial charge in [0.05, 0.1) is 12.2 Å². The number of aryl methyl sites for hydroxylation is 1. The first kappa shape index (κ1) is 10.3. The molecule has 0 bridgehead atoms. The van der Waals surface area contributed by atoms with Crippen LogP contribution in [0.5, 0.6) is 0 Å². The average Bonchev–Trinajstić information content (AvgIpc) is 2.62. The van der Waals surface area contributed by atoms with Gasteiger partial charge >= 0.3 is 0 Å². The summed E-state index contributed by atoms with van der Waals surface area (Å²) in [5, 5.41) is 7.54. The standard InChI is InChI=1S/C10H19N3/c1-4-9-6-12-13(8-9)10(5-2)7-11-3/h6,8,10-11H,4-5,7H2,1-3H3. The summed E-state index contributed by atoms with van der Waals surface area (Å²) in [6.45, 7) is 5.33. The van der Waals surface area contributed by atoms with Crippen LogP contribution in [-0.2, 0) is 6.42 Å². The Bertz CT molecular complexity index is 242. The molecule has 0 aliphatic rings. The molecule has 0 radical (unpaired) electrons. The van der Waals surface area contributed by atoms with Crippen molar-refractivity contribution in [1.82, 2.24) is 15.1 Å². The molecule has 0 aliphatic carbocycles. The van der Waals surface area contributed by atoms with E-state index in [9.17, 15) is 0 Å². The maximum atomic E-state index is 4.35. The van der Waals surface area contributed by atoms with Gasteiger partial charge in [0, 0.05) is 12.7 Å². The van der Waals surface area contributed by atoms with E-state index >= 15 is 0 Å². The maximum absolute atomic E-state index is 4.35. The van der Waals surface area contributed by atoms with Gasteiger partial charge in [-0.25, -0.2) is 0 Å². The Hall–Kier alpha value is -0.830. The van der Waals surface area contributed by atoms with Crippen LogP contribution in [0.3, 0.4) is 0 Å². The Balaban J connectivity index is 2.67. The lowest BCUT2D eigenvalue weighted by molar-refractivity contribution is 0.425. The van der Waals surface area contributed by atoms with Crippen molar-refractivity contribution in [2.24, 2.45) is 0 Å². The third-order valence-electron chi connectivity index (χ3n) is 2.35. The number of rotatable bonds is 5. The fourth-order valence-corrected chi connectivity index (χ4v) is 1.42. The molecule has 0 spiro atoms. The molecule has 1 aromatic heterocycles. The summed E-state index contributed by atoms with van der Waals surface area (Å²) >= 11 is 0. The Morgan fingerprint density at radius 1 is 1.54 bits per heavy atom. The van der Waals surface area contributed by atoms with Crippen molar-refractivity contribution >= 4 is 0 Å². The number of nitrogens with zero attached hydrogens (tertiary/aromatic N) is 2. The lowest BCUT2D eigenvalue weighted by Gasteiger charge is -2.14. The molecule has 1 aromatic rings. The molecule has 0 aromatic carbocycles. The predicted octanol–water partition coefficient (Wildman–Crippen LogP) is 1.62. The average molecular weight is 181 g/mol. The summed E-state index contributed by atoms with van der Waals surface area (Å²) in [5.74, 6) is 0. The van der Waals surface area contributed by atoms with Crippen LogP contribution in [0.15, 0.2) is 12.4 Å². The van der Waals surface area contributed by atoms with Gasteiger partial charge in [-0.3, -0.25) is 4.68 Å². The molecule has 0 amide bonds. The molecular weight excluding hydrogens is 162 g/mol. The zero-order valence-corrected chi connectivity index (χ0v) is 8.75. The molecule has 1 heterocycles. The molecule has 13 heavy (non-hydrogen) atoms. The highest BCUT2D eigenvalue weighted by atomic mass is 15.3. The highest BCUT2D eigenvalue weighted by Gasteiger charge is 2.07. The van der Waals surface area contributed by atoms with Crippen molar-refractivity contribution in [2.45, 2.75) is 32.7 Å². The topological polar surface area (TPSA) is 29.9 Å².